The van der Waals surface area contributed by atoms with E-state index in [4.69, 9.17) is 5.84 Å². The molecule has 4 aromatic carbocycles. The van der Waals surface area contributed by atoms with Crippen LogP contribution < -0.4 is 15.8 Å². The number of fused-ring (bicyclic) bond motifs is 1. The summed E-state index contributed by atoms with van der Waals surface area (Å²) in [4.78, 5) is 1.96. The summed E-state index contributed by atoms with van der Waals surface area (Å²) >= 11 is 0. The summed E-state index contributed by atoms with van der Waals surface area (Å²) in [5.41, 5.74) is -0.805. The molecule has 0 saturated heterocycles. The summed E-state index contributed by atoms with van der Waals surface area (Å²) in [7, 11) is 3.86. The quantitative estimate of drug-likeness (QED) is 0.253. The number of halogens is 3. The molecule has 1 unspecified atom stereocenters. The van der Waals surface area contributed by atoms with E-state index in [1.807, 2.05) is 50.2 Å². The summed E-state index contributed by atoms with van der Waals surface area (Å²) in [5.74, 6) is 6.38. The van der Waals surface area contributed by atoms with Crippen molar-refractivity contribution < 1.29 is 18.3 Å². The van der Waals surface area contributed by atoms with Crippen LogP contribution in [-0.2, 0) is 12.0 Å². The molecule has 35 heavy (non-hydrogen) atoms. The van der Waals surface area contributed by atoms with Crippen LogP contribution >= 0.6 is 0 Å². The molecule has 0 aliphatic carbocycles. The smallest absolute Gasteiger partial charge is 0.378 e. The van der Waals surface area contributed by atoms with Gasteiger partial charge >= 0.3 is 6.18 Å². The number of anilines is 3. The highest BCUT2D eigenvalue weighted by Crippen LogP contribution is 2.47. The molecule has 0 heterocycles. The largest absolute Gasteiger partial charge is 0.425 e. The molecule has 4 rings (SSSR count). The maximum atomic E-state index is 14.6. The minimum Gasteiger partial charge on any atom is -0.378 e. The van der Waals surface area contributed by atoms with E-state index in [-0.39, 0.29) is 11.1 Å². The zero-order valence-corrected chi connectivity index (χ0v) is 19.8. The standard InChI is InChI=1S/C28H28F3N3O/c1-4-19-18-21(12-17-26(19)34(32)23-15-13-22(14-16-23)33(2)3)27(35,28(29,30)31)25-11-7-9-20-8-5-6-10-24(20)25/h5-18,35H,4,32H2,1-3H3. The van der Waals surface area contributed by atoms with E-state index in [0.29, 0.717) is 34.1 Å². The Labute approximate surface area is 203 Å². The summed E-state index contributed by atoms with van der Waals surface area (Å²) < 4.78 is 43.7. The van der Waals surface area contributed by atoms with Gasteiger partial charge in [-0.15, -0.1) is 0 Å². The van der Waals surface area contributed by atoms with Crippen LogP contribution in [0.4, 0.5) is 30.2 Å². The molecule has 3 N–H and O–H groups in total. The van der Waals surface area contributed by atoms with E-state index in [9.17, 15) is 18.3 Å². The number of alkyl halides is 3. The molecule has 0 saturated carbocycles. The van der Waals surface area contributed by atoms with Crippen molar-refractivity contribution in [2.75, 3.05) is 24.0 Å². The van der Waals surface area contributed by atoms with Gasteiger partial charge in [0.1, 0.15) is 0 Å². The van der Waals surface area contributed by atoms with Crippen LogP contribution in [0.1, 0.15) is 23.6 Å². The molecule has 7 heteroatoms. The maximum absolute atomic E-state index is 14.6. The third-order valence-corrected chi connectivity index (χ3v) is 6.37. The molecular weight excluding hydrogens is 451 g/mol. The number of hydrazine groups is 1. The van der Waals surface area contributed by atoms with Gasteiger partial charge in [0.2, 0.25) is 5.60 Å². The lowest BCUT2D eigenvalue weighted by Crippen LogP contribution is -2.43. The molecule has 0 amide bonds. The summed E-state index contributed by atoms with van der Waals surface area (Å²) in [6.07, 6.45) is -4.52. The monoisotopic (exact) mass is 479 g/mol. The first-order valence-corrected chi connectivity index (χ1v) is 11.3. The summed E-state index contributed by atoms with van der Waals surface area (Å²) in [5, 5.41) is 13.8. The van der Waals surface area contributed by atoms with Gasteiger partial charge in [-0.1, -0.05) is 61.5 Å². The average Bonchev–Trinajstić information content (AvgIpc) is 2.86. The van der Waals surface area contributed by atoms with Gasteiger partial charge in [0, 0.05) is 25.3 Å². The van der Waals surface area contributed by atoms with Crippen molar-refractivity contribution in [3.8, 4) is 0 Å². The van der Waals surface area contributed by atoms with Crippen molar-refractivity contribution in [3.05, 3.63) is 102 Å². The first-order chi connectivity index (χ1) is 16.6. The van der Waals surface area contributed by atoms with E-state index in [0.717, 1.165) is 5.69 Å². The molecule has 1 atom stereocenters. The first kappa shape index (κ1) is 24.6. The number of aryl methyl sites for hydroxylation is 1. The number of nitrogens with two attached hydrogens (primary N) is 1. The summed E-state index contributed by atoms with van der Waals surface area (Å²) in [6, 6.07) is 23.1. The molecule has 0 aliphatic rings. The fourth-order valence-electron chi connectivity index (χ4n) is 4.39. The van der Waals surface area contributed by atoms with Crippen molar-refractivity contribution in [1.82, 2.24) is 0 Å². The Kier molecular flexibility index (Phi) is 6.49. The van der Waals surface area contributed by atoms with Crippen molar-refractivity contribution in [2.45, 2.75) is 25.1 Å². The number of nitrogens with zero attached hydrogens (tertiary/aromatic N) is 2. The lowest BCUT2D eigenvalue weighted by molar-refractivity contribution is -0.247. The highest BCUT2D eigenvalue weighted by Gasteiger charge is 2.57. The van der Waals surface area contributed by atoms with Crippen LogP contribution in [-0.4, -0.2) is 25.4 Å². The van der Waals surface area contributed by atoms with Crippen molar-refractivity contribution >= 4 is 27.8 Å². The number of rotatable bonds is 6. The van der Waals surface area contributed by atoms with E-state index in [2.05, 4.69) is 0 Å². The molecule has 182 valence electrons. The highest BCUT2D eigenvalue weighted by atomic mass is 19.4. The van der Waals surface area contributed by atoms with Gasteiger partial charge in [-0.2, -0.15) is 13.2 Å². The maximum Gasteiger partial charge on any atom is 0.425 e. The molecule has 0 radical (unpaired) electrons. The molecule has 4 aromatic rings. The van der Waals surface area contributed by atoms with Gasteiger partial charge < -0.3 is 10.0 Å². The SMILES string of the molecule is CCc1cc(C(O)(c2cccc3ccccc23)C(F)(F)F)ccc1N(N)c1ccc(N(C)C)cc1. The van der Waals surface area contributed by atoms with Gasteiger partial charge in [0.25, 0.3) is 0 Å². The molecule has 0 spiro atoms. The molecular formula is C28H28F3N3O. The predicted octanol–water partition coefficient (Wildman–Crippen LogP) is 6.28. The topological polar surface area (TPSA) is 52.7 Å². The van der Waals surface area contributed by atoms with Crippen LogP contribution in [0.15, 0.2) is 84.9 Å². The van der Waals surface area contributed by atoms with Gasteiger partial charge in [-0.05, 0) is 58.7 Å². The van der Waals surface area contributed by atoms with Crippen molar-refractivity contribution in [1.29, 1.82) is 0 Å². The van der Waals surface area contributed by atoms with Gasteiger partial charge in [0.15, 0.2) is 0 Å². The number of hydrogen-bond acceptors (Lipinski definition) is 4. The average molecular weight is 480 g/mol. The second kappa shape index (κ2) is 9.24. The third kappa shape index (κ3) is 4.33. The second-order valence-corrected chi connectivity index (χ2v) is 8.71. The Morgan fingerprint density at radius 1 is 0.829 bits per heavy atom. The Bertz CT molecular complexity index is 1330. The lowest BCUT2D eigenvalue weighted by atomic mass is 9.82. The Morgan fingerprint density at radius 2 is 1.46 bits per heavy atom. The summed E-state index contributed by atoms with van der Waals surface area (Å²) in [6.45, 7) is 1.84. The van der Waals surface area contributed by atoms with Crippen LogP contribution in [0, 0.1) is 0 Å². The minimum atomic E-state index is -4.95. The van der Waals surface area contributed by atoms with E-state index in [1.54, 1.807) is 30.3 Å². The van der Waals surface area contributed by atoms with Gasteiger partial charge in [-0.25, -0.2) is 5.84 Å². The molecule has 4 nitrogen and oxygen atoms in total. The van der Waals surface area contributed by atoms with Gasteiger partial charge in [0.05, 0.1) is 11.4 Å². The van der Waals surface area contributed by atoms with Crippen LogP contribution in [0.3, 0.4) is 0 Å². The zero-order chi connectivity index (χ0) is 25.4. The Morgan fingerprint density at radius 3 is 2.09 bits per heavy atom. The highest BCUT2D eigenvalue weighted by molar-refractivity contribution is 5.87. The van der Waals surface area contributed by atoms with E-state index >= 15 is 0 Å². The lowest BCUT2D eigenvalue weighted by Gasteiger charge is -2.33. The van der Waals surface area contributed by atoms with Crippen LogP contribution in [0.25, 0.3) is 10.8 Å². The fraction of sp³-hybridized carbons (Fsp3) is 0.214. The zero-order valence-electron chi connectivity index (χ0n) is 19.8. The molecule has 0 aliphatic heterocycles. The van der Waals surface area contributed by atoms with Crippen molar-refractivity contribution in [3.63, 3.8) is 0 Å². The molecule has 0 aromatic heterocycles. The Balaban J connectivity index is 1.83. The number of benzene rings is 4. The Hall–Kier alpha value is -3.55. The van der Waals surface area contributed by atoms with E-state index < -0.39 is 11.8 Å². The van der Waals surface area contributed by atoms with Crippen molar-refractivity contribution in [2.24, 2.45) is 5.84 Å². The van der Waals surface area contributed by atoms with E-state index in [1.165, 1.54) is 35.3 Å². The number of aliphatic hydroxyl groups is 1. The molecule has 0 fully saturated rings. The second-order valence-electron chi connectivity index (χ2n) is 8.71. The van der Waals surface area contributed by atoms with Crippen LogP contribution in [0.5, 0.6) is 0 Å². The fourth-order valence-corrected chi connectivity index (χ4v) is 4.39. The first-order valence-electron chi connectivity index (χ1n) is 11.3. The third-order valence-electron chi connectivity index (χ3n) is 6.37. The predicted molar refractivity (Wildman–Crippen MR) is 136 cm³/mol. The van der Waals surface area contributed by atoms with Gasteiger partial charge in [-0.3, -0.25) is 5.01 Å². The molecule has 0 bridgehead atoms. The normalized spacial score (nSPS) is 13.5. The van der Waals surface area contributed by atoms with Crippen LogP contribution in [0.2, 0.25) is 0 Å². The minimum absolute atomic E-state index is 0.207. The number of hydrogen-bond donors (Lipinski definition) is 2.